The molecule has 106 valence electrons. The Kier molecular flexibility index (Phi) is 8.34. The van der Waals surface area contributed by atoms with Crippen molar-refractivity contribution in [2.45, 2.75) is 31.3 Å². The number of benzene rings is 1. The Morgan fingerprint density at radius 3 is 2.79 bits per heavy atom. The minimum Gasteiger partial charge on any atom is -0.382 e. The topological polar surface area (TPSA) is 38.3 Å². The van der Waals surface area contributed by atoms with Crippen molar-refractivity contribution in [1.29, 1.82) is 0 Å². The van der Waals surface area contributed by atoms with E-state index >= 15 is 0 Å². The van der Waals surface area contributed by atoms with E-state index in [1.54, 1.807) is 11.8 Å². The maximum absolute atomic E-state index is 11.8. The Labute approximate surface area is 120 Å². The molecule has 0 aliphatic heterocycles. The third-order valence-electron chi connectivity index (χ3n) is 2.68. The zero-order valence-electron chi connectivity index (χ0n) is 11.7. The van der Waals surface area contributed by atoms with Crippen LogP contribution in [0.3, 0.4) is 0 Å². The number of amides is 1. The van der Waals surface area contributed by atoms with Gasteiger partial charge in [0, 0.05) is 25.5 Å². The van der Waals surface area contributed by atoms with Crippen LogP contribution in [0.1, 0.15) is 25.8 Å². The highest BCUT2D eigenvalue weighted by Crippen LogP contribution is 2.17. The number of rotatable bonds is 9. The summed E-state index contributed by atoms with van der Waals surface area (Å²) in [6, 6.07) is 10.2. The summed E-state index contributed by atoms with van der Waals surface area (Å²) in [6.07, 6.45) is 0.871. The summed E-state index contributed by atoms with van der Waals surface area (Å²) < 4.78 is 5.22. The predicted octanol–water partition coefficient (Wildman–Crippen LogP) is 2.85. The van der Waals surface area contributed by atoms with Crippen LogP contribution in [-0.2, 0) is 15.3 Å². The molecule has 1 aromatic carbocycles. The lowest BCUT2D eigenvalue weighted by atomic mass is 10.2. The van der Waals surface area contributed by atoms with Gasteiger partial charge in [0.25, 0.3) is 0 Å². The molecule has 1 amide bonds. The van der Waals surface area contributed by atoms with Crippen LogP contribution in [0.25, 0.3) is 0 Å². The average molecular weight is 281 g/mol. The van der Waals surface area contributed by atoms with Crippen LogP contribution in [-0.4, -0.2) is 30.9 Å². The first-order valence-corrected chi connectivity index (χ1v) is 7.80. The fraction of sp³-hybridized carbons (Fsp3) is 0.533. The molecule has 1 rings (SSSR count). The second kappa shape index (κ2) is 9.87. The van der Waals surface area contributed by atoms with Crippen LogP contribution in [0.4, 0.5) is 0 Å². The molecule has 0 aliphatic carbocycles. The van der Waals surface area contributed by atoms with Crippen LogP contribution in [0.15, 0.2) is 30.3 Å². The van der Waals surface area contributed by atoms with Gasteiger partial charge in [-0.15, -0.1) is 11.8 Å². The highest BCUT2D eigenvalue weighted by molar-refractivity contribution is 7.99. The van der Waals surface area contributed by atoms with Gasteiger partial charge in [0.1, 0.15) is 0 Å². The normalized spacial score (nSPS) is 12.1. The Bertz CT molecular complexity index is 356. The number of nitrogens with one attached hydrogen (secondary N) is 1. The van der Waals surface area contributed by atoms with E-state index in [-0.39, 0.29) is 11.2 Å². The largest absolute Gasteiger partial charge is 0.382 e. The van der Waals surface area contributed by atoms with Gasteiger partial charge in [-0.2, -0.15) is 0 Å². The smallest absolute Gasteiger partial charge is 0.232 e. The highest BCUT2D eigenvalue weighted by atomic mass is 32.2. The quantitative estimate of drug-likeness (QED) is 0.707. The molecule has 0 saturated heterocycles. The van der Waals surface area contributed by atoms with Gasteiger partial charge in [0.15, 0.2) is 0 Å². The van der Waals surface area contributed by atoms with Gasteiger partial charge in [0.2, 0.25) is 5.91 Å². The second-order valence-corrected chi connectivity index (χ2v) is 5.61. The van der Waals surface area contributed by atoms with Crippen LogP contribution in [0.5, 0.6) is 0 Å². The number of carbonyl (C=O) groups is 1. The standard InChI is InChI=1S/C15H23NO2S/c1-3-18-11-7-10-16-15(17)13(2)19-12-14-8-5-4-6-9-14/h4-6,8-9,13H,3,7,10-12H2,1-2H3,(H,16,17)/t13-/m1/s1. The Balaban J connectivity index is 2.14. The molecule has 19 heavy (non-hydrogen) atoms. The summed E-state index contributed by atoms with van der Waals surface area (Å²) in [4.78, 5) is 11.8. The van der Waals surface area contributed by atoms with Crippen molar-refractivity contribution in [3.63, 3.8) is 0 Å². The Morgan fingerprint density at radius 2 is 2.11 bits per heavy atom. The van der Waals surface area contributed by atoms with Crippen molar-refractivity contribution in [1.82, 2.24) is 5.32 Å². The fourth-order valence-electron chi connectivity index (χ4n) is 1.55. The van der Waals surface area contributed by atoms with E-state index in [0.717, 1.165) is 18.8 Å². The van der Waals surface area contributed by atoms with Crippen molar-refractivity contribution in [3.05, 3.63) is 35.9 Å². The van der Waals surface area contributed by atoms with E-state index in [2.05, 4.69) is 17.4 Å². The molecule has 0 spiro atoms. The van der Waals surface area contributed by atoms with Crippen molar-refractivity contribution in [2.75, 3.05) is 19.8 Å². The summed E-state index contributed by atoms with van der Waals surface area (Å²) in [5, 5.41) is 2.92. The highest BCUT2D eigenvalue weighted by Gasteiger charge is 2.12. The van der Waals surface area contributed by atoms with Crippen LogP contribution in [0.2, 0.25) is 0 Å². The lowest BCUT2D eigenvalue weighted by Gasteiger charge is -2.12. The first kappa shape index (κ1) is 16.1. The summed E-state index contributed by atoms with van der Waals surface area (Å²) >= 11 is 1.66. The van der Waals surface area contributed by atoms with E-state index in [9.17, 15) is 4.79 Å². The lowest BCUT2D eigenvalue weighted by Crippen LogP contribution is -2.32. The summed E-state index contributed by atoms with van der Waals surface area (Å²) in [7, 11) is 0. The van der Waals surface area contributed by atoms with Gasteiger partial charge < -0.3 is 10.1 Å². The summed E-state index contributed by atoms with van der Waals surface area (Å²) in [6.45, 7) is 6.06. The minimum absolute atomic E-state index is 0.0210. The van der Waals surface area contributed by atoms with E-state index in [1.807, 2.05) is 32.0 Å². The molecular formula is C15H23NO2S. The van der Waals surface area contributed by atoms with Gasteiger partial charge in [-0.3, -0.25) is 4.79 Å². The van der Waals surface area contributed by atoms with Crippen LogP contribution >= 0.6 is 11.8 Å². The number of carbonyl (C=O) groups excluding carboxylic acids is 1. The van der Waals surface area contributed by atoms with Crippen molar-refractivity contribution in [2.24, 2.45) is 0 Å². The number of hydrogen-bond acceptors (Lipinski definition) is 3. The third-order valence-corrected chi connectivity index (χ3v) is 3.89. The third kappa shape index (κ3) is 7.23. The van der Waals surface area contributed by atoms with Gasteiger partial charge in [-0.1, -0.05) is 30.3 Å². The average Bonchev–Trinajstić information content (AvgIpc) is 2.45. The van der Waals surface area contributed by atoms with Gasteiger partial charge in [0.05, 0.1) is 5.25 Å². The van der Waals surface area contributed by atoms with Crippen molar-refractivity contribution in [3.8, 4) is 0 Å². The molecule has 0 aliphatic rings. The number of ether oxygens (including phenoxy) is 1. The molecule has 0 radical (unpaired) electrons. The molecule has 0 bridgehead atoms. The molecule has 0 saturated carbocycles. The van der Waals surface area contributed by atoms with Crippen molar-refractivity contribution < 1.29 is 9.53 Å². The molecular weight excluding hydrogens is 258 g/mol. The van der Waals surface area contributed by atoms with Gasteiger partial charge >= 0.3 is 0 Å². The first-order valence-electron chi connectivity index (χ1n) is 6.75. The van der Waals surface area contributed by atoms with E-state index in [4.69, 9.17) is 4.74 Å². The Hall–Kier alpha value is -1.00. The molecule has 0 aromatic heterocycles. The first-order chi connectivity index (χ1) is 9.24. The molecule has 1 N–H and O–H groups in total. The SMILES string of the molecule is CCOCCCNC(=O)[C@@H](C)SCc1ccccc1. The minimum atomic E-state index is -0.0210. The molecule has 3 nitrogen and oxygen atoms in total. The van der Waals surface area contributed by atoms with E-state index < -0.39 is 0 Å². The zero-order chi connectivity index (χ0) is 13.9. The number of hydrogen-bond donors (Lipinski definition) is 1. The predicted molar refractivity (Wildman–Crippen MR) is 81.3 cm³/mol. The summed E-state index contributed by atoms with van der Waals surface area (Å²) in [5.41, 5.74) is 1.25. The maximum Gasteiger partial charge on any atom is 0.232 e. The molecule has 1 atom stereocenters. The second-order valence-electron chi connectivity index (χ2n) is 4.28. The zero-order valence-corrected chi connectivity index (χ0v) is 12.5. The van der Waals surface area contributed by atoms with Crippen LogP contribution in [0, 0.1) is 0 Å². The molecule has 1 aromatic rings. The fourth-order valence-corrected chi connectivity index (χ4v) is 2.41. The lowest BCUT2D eigenvalue weighted by molar-refractivity contribution is -0.120. The monoisotopic (exact) mass is 281 g/mol. The summed E-state index contributed by atoms with van der Waals surface area (Å²) in [5.74, 6) is 0.978. The molecule has 0 unspecified atom stereocenters. The van der Waals surface area contributed by atoms with E-state index in [0.29, 0.717) is 13.2 Å². The van der Waals surface area contributed by atoms with E-state index in [1.165, 1.54) is 5.56 Å². The van der Waals surface area contributed by atoms with Gasteiger partial charge in [-0.05, 0) is 25.8 Å². The van der Waals surface area contributed by atoms with Gasteiger partial charge in [-0.25, -0.2) is 0 Å². The van der Waals surface area contributed by atoms with Crippen molar-refractivity contribution >= 4 is 17.7 Å². The molecule has 0 fully saturated rings. The molecule has 0 heterocycles. The molecule has 4 heteroatoms. The van der Waals surface area contributed by atoms with Crippen LogP contribution < -0.4 is 5.32 Å². The number of thioether (sulfide) groups is 1. The maximum atomic E-state index is 11.8. The Morgan fingerprint density at radius 1 is 1.37 bits per heavy atom.